The minimum atomic E-state index is 0.00981. The zero-order chi connectivity index (χ0) is 23.3. The molecule has 0 bridgehead atoms. The minimum Gasteiger partial charge on any atom is -0.497 e. The van der Waals surface area contributed by atoms with Crippen molar-refractivity contribution in [2.75, 3.05) is 33.3 Å². The summed E-state index contributed by atoms with van der Waals surface area (Å²) in [6, 6.07) is 16.5. The third-order valence-electron chi connectivity index (χ3n) is 6.20. The van der Waals surface area contributed by atoms with E-state index in [0.29, 0.717) is 17.8 Å². The van der Waals surface area contributed by atoms with Crippen molar-refractivity contribution in [1.29, 1.82) is 0 Å². The molecule has 4 nitrogen and oxygen atoms in total. The van der Waals surface area contributed by atoms with Crippen molar-refractivity contribution in [2.24, 2.45) is 17.8 Å². The molecule has 0 radical (unpaired) electrons. The van der Waals surface area contributed by atoms with Gasteiger partial charge in [-0.15, -0.1) is 0 Å². The minimum absolute atomic E-state index is 0.00981. The maximum atomic E-state index is 13.0. The SMILES string of the molecule is COc1cccc([C@H]2CN(Cc3ccc(Cl)cc3)C[C@H]2CN(CC(C)C)C(=O)C(C)C)c1. The molecule has 1 aliphatic heterocycles. The van der Waals surface area contributed by atoms with Crippen molar-refractivity contribution < 1.29 is 9.53 Å². The van der Waals surface area contributed by atoms with Gasteiger partial charge in [-0.2, -0.15) is 0 Å². The van der Waals surface area contributed by atoms with Gasteiger partial charge in [0.1, 0.15) is 5.75 Å². The Hall–Kier alpha value is -2.04. The Morgan fingerprint density at radius 2 is 1.84 bits per heavy atom. The third-order valence-corrected chi connectivity index (χ3v) is 6.46. The molecule has 174 valence electrons. The van der Waals surface area contributed by atoms with Crippen LogP contribution in [0.2, 0.25) is 5.02 Å². The summed E-state index contributed by atoms with van der Waals surface area (Å²) in [6.45, 7) is 12.8. The summed E-state index contributed by atoms with van der Waals surface area (Å²) in [5.74, 6) is 2.31. The molecule has 1 heterocycles. The largest absolute Gasteiger partial charge is 0.497 e. The van der Waals surface area contributed by atoms with Gasteiger partial charge in [-0.25, -0.2) is 0 Å². The first-order valence-electron chi connectivity index (χ1n) is 11.7. The molecule has 1 saturated heterocycles. The van der Waals surface area contributed by atoms with Crippen LogP contribution in [0.3, 0.4) is 0 Å². The van der Waals surface area contributed by atoms with E-state index in [1.165, 1.54) is 11.1 Å². The summed E-state index contributed by atoms with van der Waals surface area (Å²) in [7, 11) is 1.71. The summed E-state index contributed by atoms with van der Waals surface area (Å²) in [5, 5.41) is 0.763. The summed E-state index contributed by atoms with van der Waals surface area (Å²) in [5.41, 5.74) is 2.55. The highest BCUT2D eigenvalue weighted by Crippen LogP contribution is 2.36. The van der Waals surface area contributed by atoms with Gasteiger partial charge in [-0.05, 0) is 47.2 Å². The smallest absolute Gasteiger partial charge is 0.225 e. The lowest BCUT2D eigenvalue weighted by Gasteiger charge is -2.31. The van der Waals surface area contributed by atoms with E-state index in [1.807, 2.05) is 32.0 Å². The van der Waals surface area contributed by atoms with E-state index in [4.69, 9.17) is 16.3 Å². The Bertz CT molecular complexity index is 881. The standard InChI is InChI=1S/C27H37ClN2O2/c1-19(2)14-30(27(31)20(3)4)17-23-16-29(15-21-9-11-24(28)12-10-21)18-26(23)22-7-6-8-25(13-22)32-5/h6-13,19-20,23,26H,14-18H2,1-5H3/t23-,26+/m0/s1. The molecular formula is C27H37ClN2O2. The molecule has 5 heteroatoms. The predicted molar refractivity (Wildman–Crippen MR) is 132 cm³/mol. The fourth-order valence-corrected chi connectivity index (χ4v) is 4.84. The average Bonchev–Trinajstić information content (AvgIpc) is 3.16. The van der Waals surface area contributed by atoms with E-state index in [-0.39, 0.29) is 11.8 Å². The molecule has 1 aliphatic rings. The molecule has 32 heavy (non-hydrogen) atoms. The predicted octanol–water partition coefficient (Wildman–Crippen LogP) is 5.70. The zero-order valence-electron chi connectivity index (χ0n) is 20.1. The number of halogens is 1. The number of carbonyl (C=O) groups excluding carboxylic acids is 1. The Morgan fingerprint density at radius 3 is 2.47 bits per heavy atom. The van der Waals surface area contributed by atoms with Crippen molar-refractivity contribution in [3.8, 4) is 5.75 Å². The number of likely N-dealkylation sites (tertiary alicyclic amines) is 1. The van der Waals surface area contributed by atoms with Crippen LogP contribution < -0.4 is 4.74 Å². The van der Waals surface area contributed by atoms with Crippen LogP contribution in [0.4, 0.5) is 0 Å². The lowest BCUT2D eigenvalue weighted by Crippen LogP contribution is -2.41. The number of methoxy groups -OCH3 is 1. The van der Waals surface area contributed by atoms with E-state index < -0.39 is 0 Å². The van der Waals surface area contributed by atoms with Crippen LogP contribution in [0.15, 0.2) is 48.5 Å². The number of benzene rings is 2. The molecule has 2 aromatic carbocycles. The molecule has 1 fully saturated rings. The van der Waals surface area contributed by atoms with Crippen molar-refractivity contribution in [2.45, 2.75) is 40.2 Å². The highest BCUT2D eigenvalue weighted by molar-refractivity contribution is 6.30. The lowest BCUT2D eigenvalue weighted by molar-refractivity contribution is -0.135. The van der Waals surface area contributed by atoms with Crippen LogP contribution in [0, 0.1) is 17.8 Å². The number of hydrogen-bond acceptors (Lipinski definition) is 3. The first-order chi connectivity index (χ1) is 15.3. The van der Waals surface area contributed by atoms with Crippen LogP contribution in [0.5, 0.6) is 5.75 Å². The molecular weight excluding hydrogens is 420 g/mol. The highest BCUT2D eigenvalue weighted by Gasteiger charge is 2.36. The fourth-order valence-electron chi connectivity index (χ4n) is 4.72. The zero-order valence-corrected chi connectivity index (χ0v) is 20.8. The van der Waals surface area contributed by atoms with E-state index in [2.05, 4.69) is 54.0 Å². The second-order valence-corrected chi connectivity index (χ2v) is 10.2. The quantitative estimate of drug-likeness (QED) is 0.484. The first kappa shape index (κ1) is 24.6. The second-order valence-electron chi connectivity index (χ2n) is 9.76. The van der Waals surface area contributed by atoms with Gasteiger partial charge in [0.15, 0.2) is 0 Å². The molecule has 1 amide bonds. The Morgan fingerprint density at radius 1 is 1.12 bits per heavy atom. The van der Waals surface area contributed by atoms with Crippen LogP contribution >= 0.6 is 11.6 Å². The topological polar surface area (TPSA) is 32.8 Å². The second kappa shape index (κ2) is 11.2. The molecule has 0 saturated carbocycles. The van der Waals surface area contributed by atoms with Crippen LogP contribution in [0.25, 0.3) is 0 Å². The molecule has 0 aromatic heterocycles. The van der Waals surface area contributed by atoms with Crippen LogP contribution in [0.1, 0.15) is 44.7 Å². The van der Waals surface area contributed by atoms with Gasteiger partial charge in [-0.3, -0.25) is 9.69 Å². The molecule has 3 rings (SSSR count). The van der Waals surface area contributed by atoms with E-state index in [0.717, 1.165) is 43.5 Å². The first-order valence-corrected chi connectivity index (χ1v) is 12.0. The molecule has 2 atom stereocenters. The Labute approximate surface area is 198 Å². The van der Waals surface area contributed by atoms with Gasteiger partial charge in [0.2, 0.25) is 5.91 Å². The number of amides is 1. The Balaban J connectivity index is 1.84. The molecule has 0 unspecified atom stereocenters. The molecule has 0 N–H and O–H groups in total. The fraction of sp³-hybridized carbons (Fsp3) is 0.519. The van der Waals surface area contributed by atoms with Gasteiger partial charge >= 0.3 is 0 Å². The number of hydrogen-bond donors (Lipinski definition) is 0. The van der Waals surface area contributed by atoms with Gasteiger partial charge in [0.25, 0.3) is 0 Å². The van der Waals surface area contributed by atoms with E-state index >= 15 is 0 Å². The van der Waals surface area contributed by atoms with E-state index in [9.17, 15) is 4.79 Å². The van der Waals surface area contributed by atoms with Crippen LogP contribution in [-0.2, 0) is 11.3 Å². The molecule has 0 aliphatic carbocycles. The number of ether oxygens (including phenoxy) is 1. The van der Waals surface area contributed by atoms with Gasteiger partial charge < -0.3 is 9.64 Å². The summed E-state index contributed by atoms with van der Waals surface area (Å²) < 4.78 is 5.50. The van der Waals surface area contributed by atoms with Gasteiger partial charge in [0.05, 0.1) is 7.11 Å². The van der Waals surface area contributed by atoms with E-state index in [1.54, 1.807) is 7.11 Å². The van der Waals surface area contributed by atoms with Crippen molar-refractivity contribution >= 4 is 17.5 Å². The van der Waals surface area contributed by atoms with Gasteiger partial charge in [0, 0.05) is 49.6 Å². The van der Waals surface area contributed by atoms with Crippen molar-refractivity contribution in [1.82, 2.24) is 9.80 Å². The summed E-state index contributed by atoms with van der Waals surface area (Å²) in [4.78, 5) is 17.6. The maximum Gasteiger partial charge on any atom is 0.225 e. The number of carbonyl (C=O) groups is 1. The molecule has 2 aromatic rings. The maximum absolute atomic E-state index is 13.0. The number of rotatable bonds is 9. The van der Waals surface area contributed by atoms with Crippen molar-refractivity contribution in [3.05, 3.63) is 64.7 Å². The summed E-state index contributed by atoms with van der Waals surface area (Å²) in [6.07, 6.45) is 0. The number of nitrogens with zero attached hydrogens (tertiary/aromatic N) is 2. The van der Waals surface area contributed by atoms with Crippen LogP contribution in [-0.4, -0.2) is 49.0 Å². The monoisotopic (exact) mass is 456 g/mol. The lowest BCUT2D eigenvalue weighted by atomic mass is 9.88. The summed E-state index contributed by atoms with van der Waals surface area (Å²) >= 11 is 6.07. The van der Waals surface area contributed by atoms with Gasteiger partial charge in [-0.1, -0.05) is 63.6 Å². The van der Waals surface area contributed by atoms with Crippen molar-refractivity contribution in [3.63, 3.8) is 0 Å². The Kier molecular flexibility index (Phi) is 8.61. The average molecular weight is 457 g/mol. The third kappa shape index (κ3) is 6.49. The molecule has 0 spiro atoms. The highest BCUT2D eigenvalue weighted by atomic mass is 35.5. The normalized spacial score (nSPS) is 19.0.